The van der Waals surface area contributed by atoms with Crippen LogP contribution < -0.4 is 10.6 Å². The largest absolute Gasteiger partial charge is 0.326 e. The Morgan fingerprint density at radius 3 is 2.88 bits per heavy atom. The quantitative estimate of drug-likeness (QED) is 0.815. The number of nitrogens with zero attached hydrogens (tertiary/aromatic N) is 1. The summed E-state index contributed by atoms with van der Waals surface area (Å²) in [5.41, 5.74) is 0.460. The SMILES string of the molecule is CNCCN(C)C(=O)Nc1cccc(F)c1. The summed E-state index contributed by atoms with van der Waals surface area (Å²) in [5, 5.41) is 5.56. The van der Waals surface area contributed by atoms with Crippen molar-refractivity contribution >= 4 is 11.7 Å². The van der Waals surface area contributed by atoms with Crippen LogP contribution in [0.3, 0.4) is 0 Å². The Morgan fingerprint density at radius 2 is 2.25 bits per heavy atom. The van der Waals surface area contributed by atoms with Gasteiger partial charge in [-0.25, -0.2) is 9.18 Å². The molecule has 0 fully saturated rings. The minimum absolute atomic E-state index is 0.249. The van der Waals surface area contributed by atoms with Crippen LogP contribution >= 0.6 is 0 Å². The minimum Gasteiger partial charge on any atom is -0.326 e. The summed E-state index contributed by atoms with van der Waals surface area (Å²) in [5.74, 6) is -0.365. The molecule has 1 rings (SSSR count). The van der Waals surface area contributed by atoms with Gasteiger partial charge in [-0.05, 0) is 25.2 Å². The monoisotopic (exact) mass is 225 g/mol. The van der Waals surface area contributed by atoms with Crippen LogP contribution in [-0.4, -0.2) is 38.1 Å². The van der Waals surface area contributed by atoms with E-state index in [-0.39, 0.29) is 11.8 Å². The van der Waals surface area contributed by atoms with Gasteiger partial charge in [-0.15, -0.1) is 0 Å². The molecule has 16 heavy (non-hydrogen) atoms. The molecule has 0 atom stereocenters. The second-order valence-electron chi connectivity index (χ2n) is 3.47. The number of anilines is 1. The fourth-order valence-electron chi connectivity index (χ4n) is 1.17. The van der Waals surface area contributed by atoms with E-state index in [2.05, 4.69) is 10.6 Å². The highest BCUT2D eigenvalue weighted by Gasteiger charge is 2.07. The van der Waals surface area contributed by atoms with Crippen LogP contribution in [0.5, 0.6) is 0 Å². The Balaban J connectivity index is 2.50. The van der Waals surface area contributed by atoms with E-state index in [1.54, 1.807) is 19.2 Å². The molecule has 2 amide bonds. The van der Waals surface area contributed by atoms with Gasteiger partial charge in [-0.2, -0.15) is 0 Å². The molecule has 1 aromatic rings. The number of likely N-dealkylation sites (N-methyl/N-ethyl adjacent to an activating group) is 2. The molecule has 0 aromatic heterocycles. The Kier molecular flexibility index (Phi) is 4.72. The zero-order chi connectivity index (χ0) is 12.0. The lowest BCUT2D eigenvalue weighted by Gasteiger charge is -2.17. The van der Waals surface area contributed by atoms with Gasteiger partial charge < -0.3 is 15.5 Å². The molecule has 0 radical (unpaired) electrons. The lowest BCUT2D eigenvalue weighted by atomic mass is 10.3. The van der Waals surface area contributed by atoms with Crippen molar-refractivity contribution in [3.05, 3.63) is 30.1 Å². The molecule has 5 heteroatoms. The van der Waals surface area contributed by atoms with Crippen LogP contribution in [0.4, 0.5) is 14.9 Å². The molecule has 2 N–H and O–H groups in total. The molecule has 0 spiro atoms. The lowest BCUT2D eigenvalue weighted by molar-refractivity contribution is 0.223. The number of carbonyl (C=O) groups is 1. The predicted molar refractivity (Wildman–Crippen MR) is 62.0 cm³/mol. The normalized spacial score (nSPS) is 9.94. The van der Waals surface area contributed by atoms with Gasteiger partial charge in [0.25, 0.3) is 0 Å². The maximum atomic E-state index is 12.8. The Morgan fingerprint density at radius 1 is 1.50 bits per heavy atom. The first-order valence-electron chi connectivity index (χ1n) is 5.06. The van der Waals surface area contributed by atoms with E-state index in [0.29, 0.717) is 18.8 Å². The fraction of sp³-hybridized carbons (Fsp3) is 0.364. The van der Waals surface area contributed by atoms with Crippen LogP contribution in [0.15, 0.2) is 24.3 Å². The maximum absolute atomic E-state index is 12.8. The molecule has 0 aliphatic carbocycles. The summed E-state index contributed by atoms with van der Waals surface area (Å²) in [6.07, 6.45) is 0. The number of benzene rings is 1. The van der Waals surface area contributed by atoms with Crippen molar-refractivity contribution in [1.29, 1.82) is 0 Å². The second-order valence-corrected chi connectivity index (χ2v) is 3.47. The average molecular weight is 225 g/mol. The lowest BCUT2D eigenvalue weighted by Crippen LogP contribution is -2.35. The Hall–Kier alpha value is -1.62. The molecule has 0 saturated carbocycles. The zero-order valence-electron chi connectivity index (χ0n) is 9.46. The van der Waals surface area contributed by atoms with Gasteiger partial charge in [-0.1, -0.05) is 6.07 Å². The summed E-state index contributed by atoms with van der Waals surface area (Å²) in [7, 11) is 3.50. The molecule has 0 aliphatic heterocycles. The molecular formula is C11H16FN3O. The van der Waals surface area contributed by atoms with Gasteiger partial charge in [0.1, 0.15) is 5.82 Å². The predicted octanol–water partition coefficient (Wildman–Crippen LogP) is 1.51. The number of carbonyl (C=O) groups excluding carboxylic acids is 1. The van der Waals surface area contributed by atoms with Crippen molar-refractivity contribution < 1.29 is 9.18 Å². The highest BCUT2D eigenvalue weighted by atomic mass is 19.1. The van der Waals surface area contributed by atoms with Crippen LogP contribution in [-0.2, 0) is 0 Å². The number of rotatable bonds is 4. The number of amides is 2. The van der Waals surface area contributed by atoms with Gasteiger partial charge in [0, 0.05) is 25.8 Å². The van der Waals surface area contributed by atoms with E-state index in [1.807, 2.05) is 7.05 Å². The maximum Gasteiger partial charge on any atom is 0.321 e. The highest BCUT2D eigenvalue weighted by Crippen LogP contribution is 2.09. The van der Waals surface area contributed by atoms with Gasteiger partial charge >= 0.3 is 6.03 Å². The van der Waals surface area contributed by atoms with Crippen molar-refractivity contribution in [3.63, 3.8) is 0 Å². The summed E-state index contributed by atoms with van der Waals surface area (Å²) < 4.78 is 12.8. The molecule has 0 unspecified atom stereocenters. The van der Waals surface area contributed by atoms with E-state index in [9.17, 15) is 9.18 Å². The van der Waals surface area contributed by atoms with Gasteiger partial charge in [-0.3, -0.25) is 0 Å². The standard InChI is InChI=1S/C11H16FN3O/c1-13-6-7-15(2)11(16)14-10-5-3-4-9(12)8-10/h3-5,8,13H,6-7H2,1-2H3,(H,14,16). The zero-order valence-corrected chi connectivity index (χ0v) is 9.46. The average Bonchev–Trinajstić information content (AvgIpc) is 2.25. The highest BCUT2D eigenvalue weighted by molar-refractivity contribution is 5.89. The van der Waals surface area contributed by atoms with Crippen LogP contribution in [0, 0.1) is 5.82 Å². The van der Waals surface area contributed by atoms with Gasteiger partial charge in [0.2, 0.25) is 0 Å². The van der Waals surface area contributed by atoms with E-state index in [1.165, 1.54) is 17.0 Å². The number of hydrogen-bond donors (Lipinski definition) is 2. The molecule has 1 aromatic carbocycles. The molecule has 88 valence electrons. The van der Waals surface area contributed by atoms with Crippen molar-refractivity contribution in [1.82, 2.24) is 10.2 Å². The third kappa shape index (κ3) is 3.86. The molecule has 0 bridgehead atoms. The van der Waals surface area contributed by atoms with E-state index in [4.69, 9.17) is 0 Å². The molecule has 0 saturated heterocycles. The van der Waals surface area contributed by atoms with Gasteiger partial charge in [0.05, 0.1) is 0 Å². The first-order valence-corrected chi connectivity index (χ1v) is 5.06. The van der Waals surface area contributed by atoms with E-state index >= 15 is 0 Å². The number of hydrogen-bond acceptors (Lipinski definition) is 2. The van der Waals surface area contributed by atoms with Crippen LogP contribution in [0.1, 0.15) is 0 Å². The second kappa shape index (κ2) is 6.07. The van der Waals surface area contributed by atoms with Gasteiger partial charge in [0.15, 0.2) is 0 Å². The third-order valence-corrected chi connectivity index (χ3v) is 2.12. The number of nitrogens with one attached hydrogen (secondary N) is 2. The molecule has 0 heterocycles. The number of halogens is 1. The van der Waals surface area contributed by atoms with E-state index < -0.39 is 0 Å². The van der Waals surface area contributed by atoms with Crippen molar-refractivity contribution in [3.8, 4) is 0 Å². The minimum atomic E-state index is -0.365. The van der Waals surface area contributed by atoms with Crippen LogP contribution in [0.2, 0.25) is 0 Å². The fourth-order valence-corrected chi connectivity index (χ4v) is 1.17. The van der Waals surface area contributed by atoms with Crippen molar-refractivity contribution in [2.24, 2.45) is 0 Å². The number of urea groups is 1. The van der Waals surface area contributed by atoms with Crippen molar-refractivity contribution in [2.75, 3.05) is 32.5 Å². The van der Waals surface area contributed by atoms with Crippen LogP contribution in [0.25, 0.3) is 0 Å². The third-order valence-electron chi connectivity index (χ3n) is 2.12. The summed E-state index contributed by atoms with van der Waals surface area (Å²) in [4.78, 5) is 13.1. The topological polar surface area (TPSA) is 44.4 Å². The molecule has 4 nitrogen and oxygen atoms in total. The molecular weight excluding hydrogens is 209 g/mol. The van der Waals surface area contributed by atoms with Crippen molar-refractivity contribution in [2.45, 2.75) is 0 Å². The van der Waals surface area contributed by atoms with E-state index in [0.717, 1.165) is 0 Å². The summed E-state index contributed by atoms with van der Waals surface area (Å²) >= 11 is 0. The summed E-state index contributed by atoms with van der Waals surface area (Å²) in [6.45, 7) is 1.31. The first kappa shape index (κ1) is 12.4. The molecule has 0 aliphatic rings. The smallest absolute Gasteiger partial charge is 0.321 e. The summed E-state index contributed by atoms with van der Waals surface area (Å²) in [6, 6.07) is 5.57. The first-order chi connectivity index (χ1) is 7.63. The Labute approximate surface area is 94.4 Å². The Bertz CT molecular complexity index is 357.